The van der Waals surface area contributed by atoms with E-state index in [1.165, 1.54) is 7.11 Å². The first-order chi connectivity index (χ1) is 9.10. The fourth-order valence-corrected chi connectivity index (χ4v) is 2.56. The van der Waals surface area contributed by atoms with Crippen molar-refractivity contribution in [3.8, 4) is 0 Å². The molecule has 0 saturated carbocycles. The van der Waals surface area contributed by atoms with Gasteiger partial charge < -0.3 is 15.0 Å². The van der Waals surface area contributed by atoms with Gasteiger partial charge >= 0.3 is 0 Å². The zero-order valence-electron chi connectivity index (χ0n) is 10.6. The molecule has 6 heteroatoms. The van der Waals surface area contributed by atoms with Gasteiger partial charge in [0.25, 0.3) is 0 Å². The lowest BCUT2D eigenvalue weighted by molar-refractivity contribution is -0.119. The quantitative estimate of drug-likeness (QED) is 0.858. The van der Waals surface area contributed by atoms with Crippen molar-refractivity contribution in [2.45, 2.75) is 11.2 Å². The van der Waals surface area contributed by atoms with Crippen molar-refractivity contribution in [3.63, 3.8) is 0 Å². The van der Waals surface area contributed by atoms with E-state index in [0.29, 0.717) is 18.7 Å². The maximum Gasteiger partial charge on any atom is 0.250 e. The molecule has 1 saturated heterocycles. The Balaban J connectivity index is 2.11. The van der Waals surface area contributed by atoms with Gasteiger partial charge in [-0.1, -0.05) is 22.0 Å². The summed E-state index contributed by atoms with van der Waals surface area (Å²) in [7, 11) is 1.47. The van der Waals surface area contributed by atoms with Crippen molar-refractivity contribution >= 4 is 39.1 Å². The van der Waals surface area contributed by atoms with E-state index in [0.717, 1.165) is 5.69 Å². The molecule has 2 rings (SSSR count). The smallest absolute Gasteiger partial charge is 0.250 e. The van der Waals surface area contributed by atoms with Crippen molar-refractivity contribution in [1.29, 1.82) is 0 Å². The van der Waals surface area contributed by atoms with Crippen LogP contribution >= 0.6 is 15.9 Å². The second kappa shape index (κ2) is 6.16. The molecule has 1 unspecified atom stereocenters. The van der Waals surface area contributed by atoms with E-state index in [2.05, 4.69) is 21.2 Å². The lowest BCUT2D eigenvalue weighted by Crippen LogP contribution is -2.24. The van der Waals surface area contributed by atoms with E-state index < -0.39 is 0 Å². The number of rotatable bonds is 4. The zero-order valence-corrected chi connectivity index (χ0v) is 12.1. The average molecular weight is 327 g/mol. The number of carbonyl (C=O) groups excluding carboxylic acids is 2. The van der Waals surface area contributed by atoms with E-state index in [4.69, 9.17) is 4.74 Å². The van der Waals surface area contributed by atoms with Crippen LogP contribution < -0.4 is 10.2 Å². The molecule has 1 aromatic rings. The highest BCUT2D eigenvalue weighted by Gasteiger charge is 2.28. The molecule has 5 nitrogen and oxygen atoms in total. The minimum Gasteiger partial charge on any atom is -0.375 e. The van der Waals surface area contributed by atoms with Gasteiger partial charge in [0, 0.05) is 36.3 Å². The lowest BCUT2D eigenvalue weighted by atomic mass is 10.2. The third-order valence-electron chi connectivity index (χ3n) is 2.79. The highest BCUT2D eigenvalue weighted by Crippen LogP contribution is 2.27. The molecule has 0 spiro atoms. The number of hydrogen-bond donors (Lipinski definition) is 1. The molecule has 1 aliphatic heterocycles. The molecule has 102 valence electrons. The fraction of sp³-hybridized carbons (Fsp3) is 0.385. The maximum absolute atomic E-state index is 11.8. The lowest BCUT2D eigenvalue weighted by Gasteiger charge is -2.17. The molecule has 0 aromatic heterocycles. The number of anilines is 2. The Kier molecular flexibility index (Phi) is 4.55. The summed E-state index contributed by atoms with van der Waals surface area (Å²) in [6.07, 6.45) is 0.500. The van der Waals surface area contributed by atoms with E-state index in [-0.39, 0.29) is 23.2 Å². The molecular formula is C13H15BrN2O3. The predicted molar refractivity (Wildman–Crippen MR) is 76.6 cm³/mol. The summed E-state index contributed by atoms with van der Waals surface area (Å²) in [5.74, 6) is -0.131. The van der Waals surface area contributed by atoms with Crippen molar-refractivity contribution < 1.29 is 14.3 Å². The van der Waals surface area contributed by atoms with Crippen molar-refractivity contribution in [3.05, 3.63) is 24.3 Å². The monoisotopic (exact) mass is 326 g/mol. The molecule has 1 heterocycles. The van der Waals surface area contributed by atoms with E-state index in [1.807, 2.05) is 12.1 Å². The summed E-state index contributed by atoms with van der Waals surface area (Å²) in [6.45, 7) is 0.657. The molecule has 0 aliphatic carbocycles. The Bertz CT molecular complexity index is 493. The molecule has 1 atom stereocenters. The summed E-state index contributed by atoms with van der Waals surface area (Å²) < 4.78 is 4.75. The number of halogens is 1. The Morgan fingerprint density at radius 1 is 1.58 bits per heavy atom. The number of hydrogen-bond acceptors (Lipinski definition) is 3. The van der Waals surface area contributed by atoms with Crippen LogP contribution in [0, 0.1) is 0 Å². The molecule has 1 aliphatic rings. The molecule has 1 fully saturated rings. The Morgan fingerprint density at radius 2 is 2.37 bits per heavy atom. The largest absolute Gasteiger partial charge is 0.375 e. The van der Waals surface area contributed by atoms with E-state index in [9.17, 15) is 9.59 Å². The number of nitrogens with one attached hydrogen (secondary N) is 1. The van der Waals surface area contributed by atoms with Gasteiger partial charge in [-0.2, -0.15) is 0 Å². The Hall–Kier alpha value is -1.40. The van der Waals surface area contributed by atoms with Gasteiger partial charge in [-0.05, 0) is 18.2 Å². The molecule has 2 amide bonds. The second-order valence-electron chi connectivity index (χ2n) is 4.34. The van der Waals surface area contributed by atoms with E-state index in [1.54, 1.807) is 17.0 Å². The summed E-state index contributed by atoms with van der Waals surface area (Å²) >= 11 is 3.45. The van der Waals surface area contributed by atoms with Crippen molar-refractivity contribution in [2.75, 3.05) is 30.5 Å². The first kappa shape index (κ1) is 14.0. The number of amides is 2. The van der Waals surface area contributed by atoms with Gasteiger partial charge in [-0.3, -0.25) is 9.59 Å². The first-order valence-corrected chi connectivity index (χ1v) is 6.85. The molecule has 1 N–H and O–H groups in total. The number of methoxy groups -OCH3 is 1. The van der Waals surface area contributed by atoms with Gasteiger partial charge in [-0.15, -0.1) is 0 Å². The Labute approximate surface area is 120 Å². The summed E-state index contributed by atoms with van der Waals surface area (Å²) in [4.78, 5) is 25.1. The summed E-state index contributed by atoms with van der Waals surface area (Å²) in [6, 6.07) is 7.24. The van der Waals surface area contributed by atoms with Crippen LogP contribution in [0.2, 0.25) is 0 Å². The van der Waals surface area contributed by atoms with Crippen LogP contribution in [0.4, 0.5) is 11.4 Å². The van der Waals surface area contributed by atoms with Gasteiger partial charge in [0.1, 0.15) is 6.61 Å². The SMILES string of the molecule is COCC(=O)Nc1cccc(N2CC(Br)CC2=O)c1. The average Bonchev–Trinajstić information content (AvgIpc) is 2.69. The molecule has 0 radical (unpaired) electrons. The van der Waals surface area contributed by atoms with Crippen LogP contribution in [0.5, 0.6) is 0 Å². The van der Waals surface area contributed by atoms with Crippen molar-refractivity contribution in [2.24, 2.45) is 0 Å². The van der Waals surface area contributed by atoms with Crippen LogP contribution in [0.25, 0.3) is 0 Å². The topological polar surface area (TPSA) is 58.6 Å². The van der Waals surface area contributed by atoms with Crippen LogP contribution in [0.1, 0.15) is 6.42 Å². The molecule has 1 aromatic carbocycles. The highest BCUT2D eigenvalue weighted by atomic mass is 79.9. The maximum atomic E-state index is 11.8. The molecule has 0 bridgehead atoms. The number of ether oxygens (including phenoxy) is 1. The number of alkyl halides is 1. The predicted octanol–water partition coefficient (Wildman–Crippen LogP) is 1.77. The number of nitrogens with zero attached hydrogens (tertiary/aromatic N) is 1. The number of benzene rings is 1. The van der Waals surface area contributed by atoms with Crippen LogP contribution in [-0.2, 0) is 14.3 Å². The van der Waals surface area contributed by atoms with Gasteiger partial charge in [0.2, 0.25) is 11.8 Å². The third kappa shape index (κ3) is 3.54. The minimum atomic E-state index is -0.217. The van der Waals surface area contributed by atoms with Crippen LogP contribution in [-0.4, -0.2) is 36.9 Å². The number of carbonyl (C=O) groups is 2. The zero-order chi connectivity index (χ0) is 13.8. The normalized spacial score (nSPS) is 18.7. The summed E-state index contributed by atoms with van der Waals surface area (Å²) in [5.41, 5.74) is 1.45. The Morgan fingerprint density at radius 3 is 3.00 bits per heavy atom. The standard InChI is InChI=1S/C13H15BrN2O3/c1-19-8-12(17)15-10-3-2-4-11(6-10)16-7-9(14)5-13(16)18/h2-4,6,9H,5,7-8H2,1H3,(H,15,17). The van der Waals surface area contributed by atoms with Crippen LogP contribution in [0.15, 0.2) is 24.3 Å². The van der Waals surface area contributed by atoms with Gasteiger partial charge in [0.15, 0.2) is 0 Å². The fourth-order valence-electron chi connectivity index (χ4n) is 1.99. The van der Waals surface area contributed by atoms with Crippen molar-refractivity contribution in [1.82, 2.24) is 0 Å². The summed E-state index contributed by atoms with van der Waals surface area (Å²) in [5, 5.41) is 2.72. The van der Waals surface area contributed by atoms with Gasteiger partial charge in [0.05, 0.1) is 0 Å². The third-order valence-corrected chi connectivity index (χ3v) is 3.41. The van der Waals surface area contributed by atoms with Crippen LogP contribution in [0.3, 0.4) is 0 Å². The highest BCUT2D eigenvalue weighted by molar-refractivity contribution is 9.09. The van der Waals surface area contributed by atoms with Gasteiger partial charge in [-0.25, -0.2) is 0 Å². The second-order valence-corrected chi connectivity index (χ2v) is 5.63. The van der Waals surface area contributed by atoms with E-state index >= 15 is 0 Å². The molecular weight excluding hydrogens is 312 g/mol. The first-order valence-electron chi connectivity index (χ1n) is 5.93. The minimum absolute atomic E-state index is 0.0103. The molecule has 19 heavy (non-hydrogen) atoms.